The molecule has 1 amide bonds. The standard InChI is InChI=1S/C19H25N3O/c23-18(16-2-1-5-20-17(16)21-15-3-4-15)22-19-9-12-6-13(10-19)8-14(7-12)11-19/h1-2,5,12-15H,3-4,6-11H2,(H,20,21)(H,22,23). The minimum Gasteiger partial charge on any atom is -0.367 e. The molecule has 4 heteroatoms. The van der Waals surface area contributed by atoms with Gasteiger partial charge in [0, 0.05) is 17.8 Å². The number of nitrogens with zero attached hydrogens (tertiary/aromatic N) is 1. The van der Waals surface area contributed by atoms with Gasteiger partial charge in [-0.25, -0.2) is 4.98 Å². The van der Waals surface area contributed by atoms with Crippen molar-refractivity contribution in [1.82, 2.24) is 10.3 Å². The smallest absolute Gasteiger partial charge is 0.255 e. The van der Waals surface area contributed by atoms with E-state index in [1.54, 1.807) is 6.20 Å². The molecule has 0 aliphatic heterocycles. The van der Waals surface area contributed by atoms with Crippen LogP contribution in [0.4, 0.5) is 5.82 Å². The number of hydrogen-bond donors (Lipinski definition) is 2. The second-order valence-electron chi connectivity index (χ2n) is 8.47. The zero-order valence-electron chi connectivity index (χ0n) is 13.6. The zero-order chi connectivity index (χ0) is 15.4. The first-order valence-electron chi connectivity index (χ1n) is 9.23. The summed E-state index contributed by atoms with van der Waals surface area (Å²) in [4.78, 5) is 17.4. The molecule has 4 bridgehead atoms. The molecule has 1 aromatic heterocycles. The molecule has 0 aromatic carbocycles. The Hall–Kier alpha value is -1.58. The van der Waals surface area contributed by atoms with Gasteiger partial charge in [-0.1, -0.05) is 0 Å². The minimum absolute atomic E-state index is 0.0680. The molecule has 1 heterocycles. The Kier molecular flexibility index (Phi) is 2.98. The highest BCUT2D eigenvalue weighted by atomic mass is 16.1. The van der Waals surface area contributed by atoms with Crippen LogP contribution in [0.2, 0.25) is 0 Å². The second-order valence-corrected chi connectivity index (χ2v) is 8.47. The van der Waals surface area contributed by atoms with E-state index in [1.807, 2.05) is 12.1 Å². The number of amides is 1. The van der Waals surface area contributed by atoms with Crippen LogP contribution in [0.3, 0.4) is 0 Å². The average molecular weight is 311 g/mol. The van der Waals surface area contributed by atoms with E-state index in [-0.39, 0.29) is 11.4 Å². The maximum atomic E-state index is 13.0. The van der Waals surface area contributed by atoms with Gasteiger partial charge in [0.05, 0.1) is 5.56 Å². The van der Waals surface area contributed by atoms with Crippen molar-refractivity contribution in [1.29, 1.82) is 0 Å². The van der Waals surface area contributed by atoms with Gasteiger partial charge in [-0.3, -0.25) is 4.79 Å². The lowest BCUT2D eigenvalue weighted by molar-refractivity contribution is -0.0166. The molecule has 2 N–H and O–H groups in total. The van der Waals surface area contributed by atoms with Crippen molar-refractivity contribution in [3.8, 4) is 0 Å². The molecule has 0 saturated heterocycles. The van der Waals surface area contributed by atoms with Crippen molar-refractivity contribution in [2.75, 3.05) is 5.32 Å². The van der Waals surface area contributed by atoms with E-state index in [2.05, 4.69) is 15.6 Å². The third kappa shape index (κ3) is 2.52. The lowest BCUT2D eigenvalue weighted by Gasteiger charge is -2.56. The molecular weight excluding hydrogens is 286 g/mol. The molecular formula is C19H25N3O. The summed E-state index contributed by atoms with van der Waals surface area (Å²) in [5.74, 6) is 3.37. The van der Waals surface area contributed by atoms with Gasteiger partial charge in [0.1, 0.15) is 5.82 Å². The highest BCUT2D eigenvalue weighted by Gasteiger charge is 2.51. The predicted octanol–water partition coefficient (Wildman–Crippen LogP) is 3.35. The molecule has 0 unspecified atom stereocenters. The Balaban J connectivity index is 1.37. The number of rotatable bonds is 4. The summed E-state index contributed by atoms with van der Waals surface area (Å²) >= 11 is 0. The van der Waals surface area contributed by atoms with Crippen molar-refractivity contribution in [3.05, 3.63) is 23.9 Å². The van der Waals surface area contributed by atoms with E-state index in [4.69, 9.17) is 0 Å². The van der Waals surface area contributed by atoms with Crippen molar-refractivity contribution < 1.29 is 4.79 Å². The molecule has 122 valence electrons. The quantitative estimate of drug-likeness (QED) is 0.896. The maximum absolute atomic E-state index is 13.0. The highest BCUT2D eigenvalue weighted by Crippen LogP contribution is 2.55. The third-order valence-electron chi connectivity index (χ3n) is 6.39. The van der Waals surface area contributed by atoms with Gasteiger partial charge >= 0.3 is 0 Å². The predicted molar refractivity (Wildman–Crippen MR) is 89.3 cm³/mol. The molecule has 5 aliphatic rings. The van der Waals surface area contributed by atoms with Crippen LogP contribution in [0.15, 0.2) is 18.3 Å². The SMILES string of the molecule is O=C(NC12CC3CC(CC(C3)C1)C2)c1cccnc1NC1CC1. The van der Waals surface area contributed by atoms with Gasteiger partial charge < -0.3 is 10.6 Å². The zero-order valence-corrected chi connectivity index (χ0v) is 13.6. The number of carbonyl (C=O) groups is 1. The van der Waals surface area contributed by atoms with Gasteiger partial charge in [0.25, 0.3) is 5.91 Å². The van der Waals surface area contributed by atoms with Gasteiger partial charge in [0.2, 0.25) is 0 Å². The first kappa shape index (κ1) is 13.8. The van der Waals surface area contributed by atoms with Crippen LogP contribution in [-0.2, 0) is 0 Å². The largest absolute Gasteiger partial charge is 0.367 e. The Morgan fingerprint density at radius 1 is 1.09 bits per heavy atom. The first-order chi connectivity index (χ1) is 11.2. The van der Waals surface area contributed by atoms with E-state index >= 15 is 0 Å². The summed E-state index contributed by atoms with van der Waals surface area (Å²) in [6.07, 6.45) is 11.9. The summed E-state index contributed by atoms with van der Waals surface area (Å²) in [5.41, 5.74) is 0.786. The topological polar surface area (TPSA) is 54.0 Å². The van der Waals surface area contributed by atoms with Crippen LogP contribution in [0.5, 0.6) is 0 Å². The molecule has 5 saturated carbocycles. The van der Waals surface area contributed by atoms with E-state index in [9.17, 15) is 4.79 Å². The fourth-order valence-electron chi connectivity index (χ4n) is 5.70. The number of hydrogen-bond acceptors (Lipinski definition) is 3. The minimum atomic E-state index is 0.0680. The molecule has 0 spiro atoms. The Labute approximate surface area is 137 Å². The Morgan fingerprint density at radius 3 is 2.35 bits per heavy atom. The Morgan fingerprint density at radius 2 is 1.74 bits per heavy atom. The molecule has 0 atom stereocenters. The van der Waals surface area contributed by atoms with Crippen LogP contribution in [-0.4, -0.2) is 22.5 Å². The van der Waals surface area contributed by atoms with Gasteiger partial charge in [-0.05, 0) is 81.3 Å². The summed E-state index contributed by atoms with van der Waals surface area (Å²) in [6.45, 7) is 0. The van der Waals surface area contributed by atoms with E-state index < -0.39 is 0 Å². The number of pyridine rings is 1. The van der Waals surface area contributed by atoms with Crippen LogP contribution >= 0.6 is 0 Å². The van der Waals surface area contributed by atoms with Crippen LogP contribution in [0, 0.1) is 17.8 Å². The van der Waals surface area contributed by atoms with Crippen LogP contribution < -0.4 is 10.6 Å². The van der Waals surface area contributed by atoms with Crippen LogP contribution in [0.25, 0.3) is 0 Å². The van der Waals surface area contributed by atoms with E-state index in [0.717, 1.165) is 29.1 Å². The van der Waals surface area contributed by atoms with Crippen molar-refractivity contribution in [3.63, 3.8) is 0 Å². The number of anilines is 1. The van der Waals surface area contributed by atoms with E-state index in [0.29, 0.717) is 6.04 Å². The van der Waals surface area contributed by atoms with E-state index in [1.165, 1.54) is 51.4 Å². The summed E-state index contributed by atoms with van der Waals surface area (Å²) in [6, 6.07) is 4.29. The van der Waals surface area contributed by atoms with Crippen molar-refractivity contribution >= 4 is 11.7 Å². The molecule has 5 fully saturated rings. The van der Waals surface area contributed by atoms with Crippen molar-refractivity contribution in [2.45, 2.75) is 62.9 Å². The molecule has 1 aromatic rings. The van der Waals surface area contributed by atoms with Gasteiger partial charge in [0.15, 0.2) is 0 Å². The van der Waals surface area contributed by atoms with Gasteiger partial charge in [-0.15, -0.1) is 0 Å². The number of nitrogens with one attached hydrogen (secondary N) is 2. The lowest BCUT2D eigenvalue weighted by atomic mass is 9.53. The van der Waals surface area contributed by atoms with Crippen molar-refractivity contribution in [2.24, 2.45) is 17.8 Å². The molecule has 4 nitrogen and oxygen atoms in total. The van der Waals surface area contributed by atoms with Crippen LogP contribution in [0.1, 0.15) is 61.7 Å². The normalized spacial score (nSPS) is 37.7. The molecule has 0 radical (unpaired) electrons. The molecule has 5 aliphatic carbocycles. The summed E-state index contributed by atoms with van der Waals surface area (Å²) in [5, 5.41) is 6.86. The average Bonchev–Trinajstić information content (AvgIpc) is 3.29. The monoisotopic (exact) mass is 311 g/mol. The molecule has 23 heavy (non-hydrogen) atoms. The Bertz CT molecular complexity index is 602. The third-order valence-corrected chi connectivity index (χ3v) is 6.39. The fourth-order valence-corrected chi connectivity index (χ4v) is 5.70. The number of carbonyl (C=O) groups excluding carboxylic acids is 1. The summed E-state index contributed by atoms with van der Waals surface area (Å²) in [7, 11) is 0. The number of aromatic nitrogens is 1. The molecule has 6 rings (SSSR count). The van der Waals surface area contributed by atoms with Gasteiger partial charge in [-0.2, -0.15) is 0 Å². The highest BCUT2D eigenvalue weighted by molar-refractivity contribution is 5.99. The lowest BCUT2D eigenvalue weighted by Crippen LogP contribution is -2.59. The summed E-state index contributed by atoms with van der Waals surface area (Å²) < 4.78 is 0. The first-order valence-corrected chi connectivity index (χ1v) is 9.23. The fraction of sp³-hybridized carbons (Fsp3) is 0.684. The maximum Gasteiger partial charge on any atom is 0.255 e. The second kappa shape index (κ2) is 4.96.